The van der Waals surface area contributed by atoms with Crippen LogP contribution in [0.1, 0.15) is 427 Å². The Morgan fingerprint density at radius 3 is 0.673 bits per heavy atom. The first-order valence-corrected chi connectivity index (χ1v) is 45.3. The van der Waals surface area contributed by atoms with Crippen molar-refractivity contribution in [2.75, 3.05) is 39.6 Å². The highest BCUT2D eigenvalue weighted by molar-refractivity contribution is 7.47. The lowest BCUT2D eigenvalue weighted by molar-refractivity contribution is -0.161. The van der Waals surface area contributed by atoms with Gasteiger partial charge in [-0.3, -0.25) is 37.3 Å². The van der Waals surface area contributed by atoms with Gasteiger partial charge in [0, 0.05) is 25.7 Å². The summed E-state index contributed by atoms with van der Waals surface area (Å²) in [7, 11) is -9.92. The molecule has 0 fully saturated rings. The molecule has 0 aliphatic heterocycles. The third kappa shape index (κ3) is 76.1. The van der Waals surface area contributed by atoms with Crippen LogP contribution in [0, 0.1) is 17.8 Å². The Bertz CT molecular complexity index is 1960. The zero-order valence-corrected chi connectivity index (χ0v) is 68.2. The van der Waals surface area contributed by atoms with Gasteiger partial charge in [-0.15, -0.1) is 0 Å². The Kier molecular flexibility index (Phi) is 70.9. The minimum absolute atomic E-state index is 0.107. The summed E-state index contributed by atoms with van der Waals surface area (Å²) in [6.45, 7) is 12.0. The molecule has 0 aliphatic carbocycles. The number of carbonyl (C=O) groups is 4. The summed E-state index contributed by atoms with van der Waals surface area (Å²) < 4.78 is 68.8. The fourth-order valence-electron chi connectivity index (χ4n) is 12.7. The van der Waals surface area contributed by atoms with Crippen molar-refractivity contribution in [2.24, 2.45) is 17.8 Å². The molecule has 3 N–H and O–H groups in total. The number of unbranched alkanes of at least 4 members (excludes halogenated alkanes) is 48. The fourth-order valence-corrected chi connectivity index (χ4v) is 14.2. The van der Waals surface area contributed by atoms with E-state index in [4.69, 9.17) is 37.0 Å². The number of aliphatic hydroxyl groups excluding tert-OH is 1. The molecular weight excluding hydrogens is 1320 g/mol. The van der Waals surface area contributed by atoms with E-state index in [1.807, 2.05) is 0 Å². The highest BCUT2D eigenvalue weighted by atomic mass is 31.2. The molecule has 19 heteroatoms. The van der Waals surface area contributed by atoms with Crippen molar-refractivity contribution in [2.45, 2.75) is 446 Å². The number of hydrogen-bond donors (Lipinski definition) is 3. The Balaban J connectivity index is 5.26. The van der Waals surface area contributed by atoms with Gasteiger partial charge in [-0.25, -0.2) is 9.13 Å². The Labute approximate surface area is 619 Å². The van der Waals surface area contributed by atoms with Crippen LogP contribution < -0.4 is 0 Å². The number of phosphoric ester groups is 2. The molecule has 17 nitrogen and oxygen atoms in total. The number of hydrogen-bond acceptors (Lipinski definition) is 15. The lowest BCUT2D eigenvalue weighted by Crippen LogP contribution is -2.30. The molecule has 0 aromatic heterocycles. The molecule has 0 radical (unpaired) electrons. The van der Waals surface area contributed by atoms with E-state index in [9.17, 15) is 43.2 Å². The summed E-state index contributed by atoms with van der Waals surface area (Å²) in [4.78, 5) is 73.1. The Hall–Kier alpha value is -1.94. The Morgan fingerprint density at radius 1 is 0.267 bits per heavy atom. The maximum absolute atomic E-state index is 13.1. The number of ether oxygens (including phenoxy) is 4. The summed E-state index contributed by atoms with van der Waals surface area (Å²) in [5.41, 5.74) is 0. The van der Waals surface area contributed by atoms with Crippen molar-refractivity contribution in [3.63, 3.8) is 0 Å². The van der Waals surface area contributed by atoms with Crippen LogP contribution in [0.3, 0.4) is 0 Å². The molecule has 0 saturated carbocycles. The van der Waals surface area contributed by atoms with Gasteiger partial charge >= 0.3 is 39.5 Å². The van der Waals surface area contributed by atoms with Gasteiger partial charge in [0.1, 0.15) is 19.3 Å². The van der Waals surface area contributed by atoms with Crippen LogP contribution >= 0.6 is 15.6 Å². The van der Waals surface area contributed by atoms with Gasteiger partial charge in [-0.1, -0.05) is 376 Å². The monoisotopic (exact) mass is 1480 g/mol. The van der Waals surface area contributed by atoms with Crippen LogP contribution in [-0.2, 0) is 65.4 Å². The number of aliphatic hydroxyl groups is 1. The van der Waals surface area contributed by atoms with Crippen molar-refractivity contribution in [3.05, 3.63) is 0 Å². The molecule has 0 amide bonds. The smallest absolute Gasteiger partial charge is 0.462 e. The van der Waals surface area contributed by atoms with Gasteiger partial charge in [0.25, 0.3) is 0 Å². The van der Waals surface area contributed by atoms with E-state index in [0.717, 1.165) is 108 Å². The molecule has 0 rings (SSSR count). The molecular formula is C82H160O17P2. The quantitative estimate of drug-likeness (QED) is 0.0222. The van der Waals surface area contributed by atoms with Gasteiger partial charge in [-0.2, -0.15) is 0 Å². The molecule has 0 saturated heterocycles. The van der Waals surface area contributed by atoms with E-state index in [-0.39, 0.29) is 25.7 Å². The lowest BCUT2D eigenvalue weighted by atomic mass is 10.0. The molecule has 0 aromatic rings. The average Bonchev–Trinajstić information content (AvgIpc) is 1.03. The third-order valence-corrected chi connectivity index (χ3v) is 21.0. The third-order valence-electron chi connectivity index (χ3n) is 19.1. The van der Waals surface area contributed by atoms with Crippen molar-refractivity contribution in [1.82, 2.24) is 0 Å². The maximum Gasteiger partial charge on any atom is 0.472 e. The topological polar surface area (TPSA) is 237 Å². The van der Waals surface area contributed by atoms with Gasteiger partial charge in [0.05, 0.1) is 26.4 Å². The van der Waals surface area contributed by atoms with Gasteiger partial charge < -0.3 is 33.8 Å². The zero-order chi connectivity index (χ0) is 74.4. The van der Waals surface area contributed by atoms with E-state index in [2.05, 4.69) is 48.5 Å². The molecule has 5 atom stereocenters. The minimum Gasteiger partial charge on any atom is -0.462 e. The first kappa shape index (κ1) is 99.1. The largest absolute Gasteiger partial charge is 0.472 e. The number of rotatable bonds is 80. The van der Waals surface area contributed by atoms with Gasteiger partial charge in [-0.05, 0) is 43.4 Å². The fraction of sp³-hybridized carbons (Fsp3) is 0.951. The molecule has 0 heterocycles. The predicted octanol–water partition coefficient (Wildman–Crippen LogP) is 24.5. The van der Waals surface area contributed by atoms with Gasteiger partial charge in [0.2, 0.25) is 0 Å². The second-order valence-corrected chi connectivity index (χ2v) is 33.8. The number of phosphoric acid groups is 2. The normalized spacial score (nSPS) is 14.0. The van der Waals surface area contributed by atoms with E-state index >= 15 is 0 Å². The van der Waals surface area contributed by atoms with Crippen LogP contribution in [0.5, 0.6) is 0 Å². The molecule has 0 bridgehead atoms. The highest BCUT2D eigenvalue weighted by Crippen LogP contribution is 2.45. The molecule has 2 unspecified atom stereocenters. The molecule has 101 heavy (non-hydrogen) atoms. The van der Waals surface area contributed by atoms with Crippen molar-refractivity contribution in [3.8, 4) is 0 Å². The van der Waals surface area contributed by atoms with Crippen LogP contribution in [0.2, 0.25) is 0 Å². The first-order valence-electron chi connectivity index (χ1n) is 42.3. The van der Waals surface area contributed by atoms with E-state index < -0.39 is 97.5 Å². The Morgan fingerprint density at radius 2 is 0.455 bits per heavy atom. The van der Waals surface area contributed by atoms with Crippen molar-refractivity contribution >= 4 is 39.5 Å². The summed E-state index contributed by atoms with van der Waals surface area (Å²) in [6, 6.07) is 0. The average molecular weight is 1480 g/mol. The van der Waals surface area contributed by atoms with Crippen LogP contribution in [-0.4, -0.2) is 96.7 Å². The highest BCUT2D eigenvalue weighted by Gasteiger charge is 2.30. The standard InChI is InChI=1S/C82H160O17P2/c1-8-9-10-11-12-13-14-28-35-42-49-56-63-79(84)92-69-78(99-82(87)66-59-52-45-38-31-24-27-34-41-48-55-62-75(6)7)72-97-101(90,91)95-68-76(83)67-94-100(88,89)96-71-77(70-93-80(85)64-57-50-43-36-29-23-19-21-26-33-40-47-54-61-74(4)5)98-81(86)65-58-51-44-37-30-22-18-16-15-17-20-25-32-39-46-53-60-73(2)3/h73-78,83H,8-72H2,1-7H3,(H,88,89)(H,90,91)/t76-,77-,78-/m1/s1. The van der Waals surface area contributed by atoms with Crippen LogP contribution in [0.15, 0.2) is 0 Å². The maximum atomic E-state index is 13.1. The molecule has 0 aromatic carbocycles. The molecule has 600 valence electrons. The van der Waals surface area contributed by atoms with E-state index in [1.165, 1.54) is 238 Å². The summed E-state index contributed by atoms with van der Waals surface area (Å²) in [5, 5.41) is 10.7. The summed E-state index contributed by atoms with van der Waals surface area (Å²) in [6.07, 6.45) is 60.9. The predicted molar refractivity (Wildman–Crippen MR) is 414 cm³/mol. The number of esters is 4. The zero-order valence-electron chi connectivity index (χ0n) is 66.4. The summed E-state index contributed by atoms with van der Waals surface area (Å²) in [5.74, 6) is 0.258. The second-order valence-electron chi connectivity index (χ2n) is 30.9. The second kappa shape index (κ2) is 72.3. The lowest BCUT2D eigenvalue weighted by Gasteiger charge is -2.21. The van der Waals surface area contributed by atoms with E-state index in [1.54, 1.807) is 0 Å². The SMILES string of the molecule is CCCCCCCCCCCCCCC(=O)OC[C@H](COP(=O)(O)OC[C@H](O)COP(=O)(O)OC[C@@H](COC(=O)CCCCCCCCCCCCCCCC(C)C)OC(=O)CCCCCCCCCCCCCCCCCCC(C)C)OC(=O)CCCCCCCCCCCCCC(C)C. The molecule has 0 aliphatic rings. The first-order chi connectivity index (χ1) is 48.7. The summed E-state index contributed by atoms with van der Waals surface area (Å²) >= 11 is 0. The van der Waals surface area contributed by atoms with Crippen molar-refractivity contribution in [1.29, 1.82) is 0 Å². The minimum atomic E-state index is -4.96. The number of carbonyl (C=O) groups excluding carboxylic acids is 4. The molecule has 0 spiro atoms. The van der Waals surface area contributed by atoms with Gasteiger partial charge in [0.15, 0.2) is 12.2 Å². The van der Waals surface area contributed by atoms with Crippen LogP contribution in [0.4, 0.5) is 0 Å². The van der Waals surface area contributed by atoms with E-state index in [0.29, 0.717) is 25.7 Å². The van der Waals surface area contributed by atoms with Crippen molar-refractivity contribution < 1.29 is 80.2 Å². The van der Waals surface area contributed by atoms with Crippen LogP contribution in [0.25, 0.3) is 0 Å².